The van der Waals surface area contributed by atoms with Gasteiger partial charge in [0.05, 0.1) is 10.7 Å². The van der Waals surface area contributed by atoms with Crippen molar-refractivity contribution in [2.24, 2.45) is 0 Å². The number of halogens is 1. The molecule has 2 aromatic rings. The molecule has 0 spiro atoms. The Kier molecular flexibility index (Phi) is 2.68. The van der Waals surface area contributed by atoms with Crippen molar-refractivity contribution in [3.63, 3.8) is 0 Å². The lowest BCUT2D eigenvalue weighted by Crippen LogP contribution is -2.01. The Morgan fingerprint density at radius 2 is 2.27 bits per heavy atom. The summed E-state index contributed by atoms with van der Waals surface area (Å²) in [5.41, 5.74) is 1.48. The van der Waals surface area contributed by atoms with Crippen molar-refractivity contribution in [3.05, 3.63) is 52.1 Å². The molecular weight excluding hydrogens is 258 g/mol. The minimum atomic E-state index is -0.164. The summed E-state index contributed by atoms with van der Waals surface area (Å²) < 4.78 is 5.76. The first kappa shape index (κ1) is 10.1. The SMILES string of the molecule is Cc1cncc(C(=O)c2occc2Br)c1. The van der Waals surface area contributed by atoms with Crippen molar-refractivity contribution in [2.75, 3.05) is 0 Å². The molecule has 2 heterocycles. The highest BCUT2D eigenvalue weighted by atomic mass is 79.9. The van der Waals surface area contributed by atoms with Crippen LogP contribution in [0.1, 0.15) is 21.7 Å². The molecule has 2 aromatic heterocycles. The predicted molar refractivity (Wildman–Crippen MR) is 58.8 cm³/mol. The van der Waals surface area contributed by atoms with Crippen molar-refractivity contribution in [1.82, 2.24) is 4.98 Å². The molecule has 0 atom stereocenters. The summed E-state index contributed by atoms with van der Waals surface area (Å²) in [6.45, 7) is 1.89. The van der Waals surface area contributed by atoms with E-state index in [-0.39, 0.29) is 5.78 Å². The Morgan fingerprint density at radius 1 is 1.47 bits per heavy atom. The van der Waals surface area contributed by atoms with Gasteiger partial charge in [-0.25, -0.2) is 0 Å². The topological polar surface area (TPSA) is 43.1 Å². The second kappa shape index (κ2) is 3.98. The number of nitrogens with zero attached hydrogens (tertiary/aromatic N) is 1. The molecule has 0 aliphatic carbocycles. The Hall–Kier alpha value is -1.42. The highest BCUT2D eigenvalue weighted by molar-refractivity contribution is 9.10. The summed E-state index contributed by atoms with van der Waals surface area (Å²) in [7, 11) is 0. The van der Waals surface area contributed by atoms with E-state index in [1.54, 1.807) is 18.3 Å². The van der Waals surface area contributed by atoms with Crippen LogP contribution in [0, 0.1) is 6.92 Å². The molecule has 0 aliphatic rings. The number of hydrogen-bond donors (Lipinski definition) is 0. The molecule has 15 heavy (non-hydrogen) atoms. The fourth-order valence-corrected chi connectivity index (χ4v) is 1.65. The first-order valence-electron chi connectivity index (χ1n) is 4.38. The van der Waals surface area contributed by atoms with Crippen LogP contribution in [0.25, 0.3) is 0 Å². The third-order valence-electron chi connectivity index (χ3n) is 1.96. The van der Waals surface area contributed by atoms with Gasteiger partial charge in [0, 0.05) is 18.0 Å². The van der Waals surface area contributed by atoms with Crippen LogP contribution in [0.3, 0.4) is 0 Å². The third-order valence-corrected chi connectivity index (χ3v) is 2.59. The largest absolute Gasteiger partial charge is 0.460 e. The predicted octanol–water partition coefficient (Wildman–Crippen LogP) is 2.98. The van der Waals surface area contributed by atoms with Gasteiger partial charge in [-0.1, -0.05) is 0 Å². The molecule has 0 aromatic carbocycles. The fourth-order valence-electron chi connectivity index (χ4n) is 1.27. The van der Waals surface area contributed by atoms with E-state index in [1.165, 1.54) is 12.5 Å². The summed E-state index contributed by atoms with van der Waals surface area (Å²) in [4.78, 5) is 15.9. The standard InChI is InChI=1S/C11H8BrNO2/c1-7-4-8(6-13-5-7)10(14)11-9(12)2-3-15-11/h2-6H,1H3. The van der Waals surface area contributed by atoms with Crippen LogP contribution in [0.4, 0.5) is 0 Å². The van der Waals surface area contributed by atoms with Crippen LogP contribution < -0.4 is 0 Å². The highest BCUT2D eigenvalue weighted by Gasteiger charge is 2.16. The van der Waals surface area contributed by atoms with Gasteiger partial charge < -0.3 is 4.42 Å². The molecule has 0 radical (unpaired) electrons. The average molecular weight is 266 g/mol. The second-order valence-corrected chi connectivity index (χ2v) is 4.03. The number of carbonyl (C=O) groups is 1. The van der Waals surface area contributed by atoms with Gasteiger partial charge in [0.15, 0.2) is 5.76 Å². The number of hydrogen-bond acceptors (Lipinski definition) is 3. The lowest BCUT2D eigenvalue weighted by Gasteiger charge is -1.98. The van der Waals surface area contributed by atoms with Crippen molar-refractivity contribution in [2.45, 2.75) is 6.92 Å². The summed E-state index contributed by atoms with van der Waals surface area (Å²) in [5, 5.41) is 0. The number of pyridine rings is 1. The molecule has 0 saturated carbocycles. The van der Waals surface area contributed by atoms with E-state index in [9.17, 15) is 4.79 Å². The van der Waals surface area contributed by atoms with Crippen LogP contribution in [0.2, 0.25) is 0 Å². The van der Waals surface area contributed by atoms with Crippen molar-refractivity contribution >= 4 is 21.7 Å². The normalized spacial score (nSPS) is 10.3. The number of aryl methyl sites for hydroxylation is 1. The first-order chi connectivity index (χ1) is 7.18. The van der Waals surface area contributed by atoms with Crippen molar-refractivity contribution in [1.29, 1.82) is 0 Å². The smallest absolute Gasteiger partial charge is 0.230 e. The maximum Gasteiger partial charge on any atom is 0.230 e. The first-order valence-corrected chi connectivity index (χ1v) is 5.17. The maximum absolute atomic E-state index is 11.9. The van der Waals surface area contributed by atoms with Gasteiger partial charge in [-0.3, -0.25) is 9.78 Å². The number of aromatic nitrogens is 1. The number of carbonyl (C=O) groups excluding carboxylic acids is 1. The molecule has 0 aliphatic heterocycles. The summed E-state index contributed by atoms with van der Waals surface area (Å²) in [5.74, 6) is 0.144. The molecule has 0 amide bonds. The maximum atomic E-state index is 11.9. The zero-order valence-electron chi connectivity index (χ0n) is 8.03. The minimum Gasteiger partial charge on any atom is -0.460 e. The molecule has 0 saturated heterocycles. The van der Waals surface area contributed by atoms with E-state index in [2.05, 4.69) is 20.9 Å². The van der Waals surface area contributed by atoms with E-state index in [0.717, 1.165) is 5.56 Å². The molecular formula is C11H8BrNO2. The minimum absolute atomic E-state index is 0.164. The molecule has 0 bridgehead atoms. The van der Waals surface area contributed by atoms with Gasteiger partial charge in [-0.2, -0.15) is 0 Å². The van der Waals surface area contributed by atoms with Gasteiger partial charge in [0.2, 0.25) is 5.78 Å². The highest BCUT2D eigenvalue weighted by Crippen LogP contribution is 2.20. The quantitative estimate of drug-likeness (QED) is 0.785. The fraction of sp³-hybridized carbons (Fsp3) is 0.0909. The van der Waals surface area contributed by atoms with Crippen LogP contribution in [0.15, 0.2) is 39.7 Å². The Balaban J connectivity index is 2.41. The van der Waals surface area contributed by atoms with Crippen molar-refractivity contribution in [3.8, 4) is 0 Å². The van der Waals surface area contributed by atoms with E-state index < -0.39 is 0 Å². The molecule has 2 rings (SSSR count). The summed E-state index contributed by atoms with van der Waals surface area (Å²) in [6, 6.07) is 3.47. The number of ketones is 1. The zero-order chi connectivity index (χ0) is 10.8. The summed E-state index contributed by atoms with van der Waals surface area (Å²) in [6.07, 6.45) is 4.71. The van der Waals surface area contributed by atoms with Gasteiger partial charge in [-0.15, -0.1) is 0 Å². The van der Waals surface area contributed by atoms with Crippen LogP contribution in [0.5, 0.6) is 0 Å². The Morgan fingerprint density at radius 3 is 2.87 bits per heavy atom. The van der Waals surface area contributed by atoms with E-state index in [0.29, 0.717) is 15.8 Å². The van der Waals surface area contributed by atoms with E-state index >= 15 is 0 Å². The van der Waals surface area contributed by atoms with Gasteiger partial charge in [0.1, 0.15) is 0 Å². The Bertz CT molecular complexity index is 505. The average Bonchev–Trinajstić information content (AvgIpc) is 2.63. The lowest BCUT2D eigenvalue weighted by atomic mass is 10.1. The lowest BCUT2D eigenvalue weighted by molar-refractivity contribution is 0.101. The van der Waals surface area contributed by atoms with E-state index in [1.807, 2.05) is 6.92 Å². The summed E-state index contributed by atoms with van der Waals surface area (Å²) >= 11 is 3.25. The monoisotopic (exact) mass is 265 g/mol. The van der Waals surface area contributed by atoms with Gasteiger partial charge >= 0.3 is 0 Å². The molecule has 0 N–H and O–H groups in total. The molecule has 4 heteroatoms. The molecule has 0 unspecified atom stereocenters. The van der Waals surface area contributed by atoms with Gasteiger partial charge in [-0.05, 0) is 40.5 Å². The third kappa shape index (κ3) is 1.99. The van der Waals surface area contributed by atoms with Crippen LogP contribution in [-0.2, 0) is 0 Å². The molecule has 3 nitrogen and oxygen atoms in total. The number of furan rings is 1. The van der Waals surface area contributed by atoms with Crippen molar-refractivity contribution < 1.29 is 9.21 Å². The van der Waals surface area contributed by atoms with Gasteiger partial charge in [0.25, 0.3) is 0 Å². The molecule has 0 fully saturated rings. The number of rotatable bonds is 2. The van der Waals surface area contributed by atoms with Crippen LogP contribution in [-0.4, -0.2) is 10.8 Å². The van der Waals surface area contributed by atoms with Crippen LogP contribution >= 0.6 is 15.9 Å². The Labute approximate surface area is 95.3 Å². The van der Waals surface area contributed by atoms with E-state index in [4.69, 9.17) is 4.42 Å². The molecule has 76 valence electrons. The second-order valence-electron chi connectivity index (χ2n) is 3.18. The zero-order valence-corrected chi connectivity index (χ0v) is 9.61.